The van der Waals surface area contributed by atoms with Gasteiger partial charge in [-0.1, -0.05) is 15.9 Å². The molecule has 88 valence electrons. The maximum absolute atomic E-state index is 13.9. The van der Waals surface area contributed by atoms with Crippen molar-refractivity contribution < 1.29 is 13.5 Å². The summed E-state index contributed by atoms with van der Waals surface area (Å²) in [5, 5.41) is 9.28. The first-order valence-corrected chi connectivity index (χ1v) is 6.04. The molecule has 0 N–H and O–H groups in total. The third-order valence-electron chi connectivity index (χ3n) is 3.75. The fourth-order valence-corrected chi connectivity index (χ4v) is 3.29. The molecule has 0 aromatic heterocycles. The fraction of sp³-hybridized carbons (Fsp3) is 0.417. The molecule has 3 rings (SSSR count). The minimum atomic E-state index is -1.02. The maximum Gasteiger partial charge on any atom is 0.132 e. The van der Waals surface area contributed by atoms with Gasteiger partial charge < -0.3 is 4.74 Å². The number of hydrogen-bond acceptors (Lipinski definition) is 2. The van der Waals surface area contributed by atoms with Crippen molar-refractivity contribution in [3.05, 3.63) is 33.8 Å². The van der Waals surface area contributed by atoms with Crippen LogP contribution in [-0.2, 0) is 10.2 Å². The molecule has 17 heavy (non-hydrogen) atoms. The normalized spacial score (nSPS) is 34.2. The van der Waals surface area contributed by atoms with E-state index < -0.39 is 17.0 Å². The van der Waals surface area contributed by atoms with Crippen LogP contribution < -0.4 is 0 Å². The first-order chi connectivity index (χ1) is 8.11. The maximum atomic E-state index is 13.9. The molecule has 1 saturated carbocycles. The molecular weight excluding hydrogens is 292 g/mol. The van der Waals surface area contributed by atoms with E-state index in [4.69, 9.17) is 4.74 Å². The lowest BCUT2D eigenvalue weighted by Gasteiger charge is -2.15. The van der Waals surface area contributed by atoms with Crippen molar-refractivity contribution in [2.24, 2.45) is 11.8 Å². The van der Waals surface area contributed by atoms with Crippen molar-refractivity contribution in [1.82, 2.24) is 0 Å². The predicted octanol–water partition coefficient (Wildman–Crippen LogP) is 2.76. The van der Waals surface area contributed by atoms with Crippen LogP contribution in [0, 0.1) is 34.8 Å². The first kappa shape index (κ1) is 11.1. The molecule has 5 heteroatoms. The molecule has 1 aromatic rings. The van der Waals surface area contributed by atoms with Crippen LogP contribution in [0.15, 0.2) is 16.6 Å². The van der Waals surface area contributed by atoms with Crippen LogP contribution in [-0.4, -0.2) is 13.2 Å². The van der Waals surface area contributed by atoms with Gasteiger partial charge in [0.1, 0.15) is 11.6 Å². The van der Waals surface area contributed by atoms with Gasteiger partial charge in [0, 0.05) is 21.9 Å². The zero-order chi connectivity index (χ0) is 12.2. The molecule has 2 fully saturated rings. The van der Waals surface area contributed by atoms with E-state index in [0.717, 1.165) is 0 Å². The highest BCUT2D eigenvalue weighted by atomic mass is 79.9. The van der Waals surface area contributed by atoms with Crippen LogP contribution in [0.3, 0.4) is 0 Å². The molecule has 0 spiro atoms. The van der Waals surface area contributed by atoms with Crippen molar-refractivity contribution in [2.45, 2.75) is 5.41 Å². The lowest BCUT2D eigenvalue weighted by Crippen LogP contribution is -2.19. The third kappa shape index (κ3) is 1.31. The Morgan fingerprint density at radius 3 is 2.29 bits per heavy atom. The number of benzene rings is 1. The van der Waals surface area contributed by atoms with Crippen LogP contribution in [0.1, 0.15) is 5.56 Å². The summed E-state index contributed by atoms with van der Waals surface area (Å²) in [5.74, 6) is -1.46. The van der Waals surface area contributed by atoms with Crippen molar-refractivity contribution in [3.63, 3.8) is 0 Å². The van der Waals surface area contributed by atoms with Gasteiger partial charge in [-0.25, -0.2) is 8.78 Å². The van der Waals surface area contributed by atoms with Gasteiger partial charge in [0.15, 0.2) is 0 Å². The molecule has 1 aliphatic heterocycles. The molecular formula is C12H8BrF2NO. The zero-order valence-electron chi connectivity index (χ0n) is 8.71. The van der Waals surface area contributed by atoms with Crippen molar-refractivity contribution >= 4 is 15.9 Å². The van der Waals surface area contributed by atoms with Crippen molar-refractivity contribution in [3.8, 4) is 6.07 Å². The second-order valence-electron chi connectivity index (χ2n) is 4.48. The van der Waals surface area contributed by atoms with Crippen LogP contribution in [0.4, 0.5) is 8.78 Å². The number of rotatable bonds is 1. The average Bonchev–Trinajstić information content (AvgIpc) is 2.67. The predicted molar refractivity (Wildman–Crippen MR) is 59.1 cm³/mol. The van der Waals surface area contributed by atoms with Crippen molar-refractivity contribution in [1.29, 1.82) is 5.26 Å². The Labute approximate surface area is 105 Å². The van der Waals surface area contributed by atoms with Gasteiger partial charge in [-0.05, 0) is 12.1 Å². The van der Waals surface area contributed by atoms with Crippen molar-refractivity contribution in [2.75, 3.05) is 13.2 Å². The summed E-state index contributed by atoms with van der Waals surface area (Å²) in [4.78, 5) is 0. The summed E-state index contributed by atoms with van der Waals surface area (Å²) in [7, 11) is 0. The molecule has 1 aliphatic carbocycles. The highest BCUT2D eigenvalue weighted by Gasteiger charge is 2.70. The lowest BCUT2D eigenvalue weighted by atomic mass is 9.91. The summed E-state index contributed by atoms with van der Waals surface area (Å²) >= 11 is 3.03. The minimum Gasteiger partial charge on any atom is -0.381 e. The van der Waals surface area contributed by atoms with E-state index in [2.05, 4.69) is 22.0 Å². The Morgan fingerprint density at radius 1 is 1.29 bits per heavy atom. The largest absolute Gasteiger partial charge is 0.381 e. The summed E-state index contributed by atoms with van der Waals surface area (Å²) in [6.45, 7) is 0.820. The van der Waals surface area contributed by atoms with Gasteiger partial charge >= 0.3 is 0 Å². The number of hydrogen-bond donors (Lipinski definition) is 0. The van der Waals surface area contributed by atoms with E-state index in [1.807, 2.05) is 0 Å². The summed E-state index contributed by atoms with van der Waals surface area (Å²) in [6.07, 6.45) is 0. The Balaban J connectivity index is 2.15. The summed E-state index contributed by atoms with van der Waals surface area (Å²) < 4.78 is 33.3. The summed E-state index contributed by atoms with van der Waals surface area (Å²) in [6, 6.07) is 4.50. The lowest BCUT2D eigenvalue weighted by molar-refractivity contribution is 0.150. The molecule has 1 saturated heterocycles. The molecule has 0 amide bonds. The van der Waals surface area contributed by atoms with Crippen LogP contribution in [0.25, 0.3) is 0 Å². The van der Waals surface area contributed by atoms with E-state index in [-0.39, 0.29) is 17.4 Å². The van der Waals surface area contributed by atoms with Gasteiger partial charge in [-0.3, -0.25) is 0 Å². The molecule has 1 unspecified atom stereocenters. The number of nitriles is 1. The van der Waals surface area contributed by atoms with E-state index >= 15 is 0 Å². The topological polar surface area (TPSA) is 33.0 Å². The molecule has 3 atom stereocenters. The Kier molecular flexibility index (Phi) is 2.29. The van der Waals surface area contributed by atoms with E-state index in [9.17, 15) is 14.0 Å². The standard InChI is InChI=1S/C12H8BrF2NO/c13-6-1-9(14)11(10(15)2-6)12(5-16)7-3-17-4-8(7)12/h1-2,7-8H,3-4H2/t7-,8+,12?. The Hall–Kier alpha value is -0.990. The number of halogens is 3. The highest BCUT2D eigenvalue weighted by molar-refractivity contribution is 9.10. The SMILES string of the molecule is N#CC1(c2c(F)cc(Br)cc2F)[C@@H]2COC[C@@H]21. The smallest absolute Gasteiger partial charge is 0.132 e. The molecule has 0 radical (unpaired) electrons. The fourth-order valence-electron chi connectivity index (χ4n) is 2.89. The monoisotopic (exact) mass is 299 g/mol. The molecule has 1 heterocycles. The highest BCUT2D eigenvalue weighted by Crippen LogP contribution is 2.63. The van der Waals surface area contributed by atoms with Crippen LogP contribution in [0.2, 0.25) is 0 Å². The summed E-state index contributed by atoms with van der Waals surface area (Å²) in [5.41, 5.74) is -1.12. The molecule has 2 nitrogen and oxygen atoms in total. The van der Waals surface area contributed by atoms with E-state index in [1.54, 1.807) is 0 Å². The number of ether oxygens (including phenoxy) is 1. The van der Waals surface area contributed by atoms with Gasteiger partial charge in [-0.15, -0.1) is 0 Å². The molecule has 1 aromatic carbocycles. The average molecular weight is 300 g/mol. The van der Waals surface area contributed by atoms with E-state index in [1.165, 1.54) is 12.1 Å². The van der Waals surface area contributed by atoms with Gasteiger partial charge in [0.05, 0.1) is 24.7 Å². The second-order valence-corrected chi connectivity index (χ2v) is 5.39. The number of nitrogens with zero attached hydrogens (tertiary/aromatic N) is 1. The van der Waals surface area contributed by atoms with Gasteiger partial charge in [0.25, 0.3) is 0 Å². The molecule has 2 aliphatic rings. The second kappa shape index (κ2) is 3.50. The minimum absolute atomic E-state index is 0.0716. The molecule has 0 bridgehead atoms. The first-order valence-electron chi connectivity index (χ1n) is 5.25. The number of fused-ring (bicyclic) bond motifs is 1. The zero-order valence-corrected chi connectivity index (χ0v) is 10.3. The van der Waals surface area contributed by atoms with Crippen LogP contribution in [0.5, 0.6) is 0 Å². The Bertz CT molecular complexity index is 507. The van der Waals surface area contributed by atoms with E-state index in [0.29, 0.717) is 17.7 Å². The third-order valence-corrected chi connectivity index (χ3v) is 4.20. The van der Waals surface area contributed by atoms with Gasteiger partial charge in [-0.2, -0.15) is 5.26 Å². The van der Waals surface area contributed by atoms with Crippen LogP contribution >= 0.6 is 15.9 Å². The quantitative estimate of drug-likeness (QED) is 0.799. The Morgan fingerprint density at radius 2 is 1.82 bits per heavy atom. The van der Waals surface area contributed by atoms with Gasteiger partial charge in [0.2, 0.25) is 0 Å².